The van der Waals surface area contributed by atoms with Gasteiger partial charge >= 0.3 is 29.0 Å². The number of carbonyl (C=O) groups is 1. The van der Waals surface area contributed by atoms with E-state index in [1.165, 1.54) is 0 Å². The summed E-state index contributed by atoms with van der Waals surface area (Å²) in [6, 6.07) is 14.6. The summed E-state index contributed by atoms with van der Waals surface area (Å²) in [5, 5.41) is 9.79. The zero-order chi connectivity index (χ0) is 21.5. The molecule has 0 radical (unpaired) electrons. The van der Waals surface area contributed by atoms with Gasteiger partial charge in [0, 0.05) is 19.4 Å². The molecule has 1 aromatic heterocycles. The normalized spacial score (nSPS) is 11.7. The summed E-state index contributed by atoms with van der Waals surface area (Å²) in [6.07, 6.45) is 0.0855. The van der Waals surface area contributed by atoms with E-state index in [0.29, 0.717) is 49.3 Å². The van der Waals surface area contributed by atoms with Crippen LogP contribution in [0.25, 0.3) is 10.9 Å². The first-order chi connectivity index (χ1) is 14.5. The number of aliphatic carboxylic acids is 1. The molecule has 0 spiro atoms. The number of benzene rings is 2. The van der Waals surface area contributed by atoms with Gasteiger partial charge in [-0.2, -0.15) is 0 Å². The Hall–Kier alpha value is -2.42. The summed E-state index contributed by atoms with van der Waals surface area (Å²) >= 11 is 0. The maximum Gasteiger partial charge on any atom is 0.333 e. The molecule has 0 aliphatic rings. The fourth-order valence-electron chi connectivity index (χ4n) is 3.32. The third-order valence-corrected chi connectivity index (χ3v) is 4.83. The lowest BCUT2D eigenvalue weighted by Gasteiger charge is -2.14. The molecule has 0 saturated carbocycles. The molecule has 0 amide bonds. The van der Waals surface area contributed by atoms with E-state index in [1.807, 2.05) is 37.3 Å². The van der Waals surface area contributed by atoms with Crippen LogP contribution in [0.15, 0.2) is 53.3 Å². The molecular weight excluding hydrogens is 409 g/mol. The third-order valence-electron chi connectivity index (χ3n) is 4.83. The second-order valence-corrected chi connectivity index (χ2v) is 6.83. The van der Waals surface area contributed by atoms with Crippen LogP contribution in [-0.4, -0.2) is 63.0 Å². The molecule has 0 saturated heterocycles. The van der Waals surface area contributed by atoms with E-state index in [4.69, 9.17) is 9.47 Å². The van der Waals surface area contributed by atoms with Crippen LogP contribution in [0, 0.1) is 0 Å². The van der Waals surface area contributed by atoms with Crippen molar-refractivity contribution in [3.63, 3.8) is 0 Å². The standard InChI is InChI=1S/C23H26N2O5.Mg.2H/c1-3-21-24-19-8-6-5-7-18(19)22(26)25(21)13-14-30-17-11-9-16(10-12-17)15-20(23(27)28)29-4-2;;;/h5-12,20H,3-4,13-15H2,1-2H3,(H,27,28);;;. The maximum atomic E-state index is 12.8. The van der Waals surface area contributed by atoms with Crippen LogP contribution in [-0.2, 0) is 28.9 Å². The van der Waals surface area contributed by atoms with E-state index >= 15 is 0 Å². The Kier molecular flexibility index (Phi) is 9.48. The quantitative estimate of drug-likeness (QED) is 0.490. The fourth-order valence-corrected chi connectivity index (χ4v) is 3.32. The summed E-state index contributed by atoms with van der Waals surface area (Å²) in [4.78, 5) is 28.6. The molecule has 0 aliphatic heterocycles. The van der Waals surface area contributed by atoms with Crippen LogP contribution in [0.5, 0.6) is 5.75 Å². The van der Waals surface area contributed by atoms with Gasteiger partial charge in [0.15, 0.2) is 6.10 Å². The Morgan fingerprint density at radius 3 is 2.48 bits per heavy atom. The van der Waals surface area contributed by atoms with Gasteiger partial charge in [-0.3, -0.25) is 9.36 Å². The van der Waals surface area contributed by atoms with Crippen molar-refractivity contribution < 1.29 is 19.4 Å². The minimum absolute atomic E-state index is 0. The second kappa shape index (κ2) is 11.8. The first-order valence-corrected chi connectivity index (χ1v) is 10.1. The van der Waals surface area contributed by atoms with E-state index in [1.54, 1.807) is 29.7 Å². The number of hydrogen-bond donors (Lipinski definition) is 1. The maximum absolute atomic E-state index is 12.8. The molecule has 3 aromatic rings. The van der Waals surface area contributed by atoms with Crippen molar-refractivity contribution >= 4 is 39.9 Å². The molecule has 2 aromatic carbocycles. The minimum atomic E-state index is -0.974. The summed E-state index contributed by atoms with van der Waals surface area (Å²) < 4.78 is 12.7. The number of aryl methyl sites for hydroxylation is 1. The van der Waals surface area contributed by atoms with Crippen LogP contribution in [0.3, 0.4) is 0 Å². The molecule has 1 atom stereocenters. The van der Waals surface area contributed by atoms with Crippen molar-refractivity contribution in [3.05, 3.63) is 70.3 Å². The van der Waals surface area contributed by atoms with Gasteiger partial charge in [0.05, 0.1) is 17.4 Å². The Bertz CT molecular complexity index is 1070. The van der Waals surface area contributed by atoms with Gasteiger partial charge in [0.1, 0.15) is 18.2 Å². The Balaban J connectivity index is 0.00000341. The zero-order valence-corrected chi connectivity index (χ0v) is 17.2. The predicted molar refractivity (Wildman–Crippen MR) is 123 cm³/mol. The number of ether oxygens (including phenoxy) is 2. The molecule has 0 aliphatic carbocycles. The molecule has 3 rings (SSSR count). The Labute approximate surface area is 197 Å². The highest BCUT2D eigenvalue weighted by Gasteiger charge is 2.17. The first kappa shape index (κ1) is 24.8. The monoisotopic (exact) mass is 436 g/mol. The lowest BCUT2D eigenvalue weighted by molar-refractivity contribution is -0.149. The summed E-state index contributed by atoms with van der Waals surface area (Å²) in [5.41, 5.74) is 1.50. The molecule has 0 bridgehead atoms. The number of rotatable bonds is 10. The molecule has 8 heteroatoms. The summed E-state index contributed by atoms with van der Waals surface area (Å²) in [6.45, 7) is 4.81. The molecule has 31 heavy (non-hydrogen) atoms. The lowest BCUT2D eigenvalue weighted by Crippen LogP contribution is -2.27. The highest BCUT2D eigenvalue weighted by atomic mass is 24.3. The van der Waals surface area contributed by atoms with E-state index in [0.717, 1.165) is 11.4 Å². The van der Waals surface area contributed by atoms with Crippen molar-refractivity contribution in [1.29, 1.82) is 0 Å². The third kappa shape index (κ3) is 6.28. The molecular formula is C23H28MgN2O5. The summed E-state index contributed by atoms with van der Waals surface area (Å²) in [7, 11) is 0. The van der Waals surface area contributed by atoms with Crippen LogP contribution >= 0.6 is 0 Å². The second-order valence-electron chi connectivity index (χ2n) is 6.83. The number of nitrogens with zero attached hydrogens (tertiary/aromatic N) is 2. The van der Waals surface area contributed by atoms with Crippen molar-refractivity contribution in [2.24, 2.45) is 0 Å². The van der Waals surface area contributed by atoms with Crippen LogP contribution in [0.2, 0.25) is 0 Å². The average Bonchev–Trinajstić information content (AvgIpc) is 2.75. The van der Waals surface area contributed by atoms with Gasteiger partial charge in [-0.05, 0) is 36.8 Å². The van der Waals surface area contributed by atoms with Gasteiger partial charge in [-0.15, -0.1) is 0 Å². The van der Waals surface area contributed by atoms with Crippen molar-refractivity contribution in [2.75, 3.05) is 13.2 Å². The molecule has 1 unspecified atom stereocenters. The highest BCUT2D eigenvalue weighted by molar-refractivity contribution is 5.77. The van der Waals surface area contributed by atoms with E-state index in [2.05, 4.69) is 4.98 Å². The van der Waals surface area contributed by atoms with Crippen LogP contribution in [0.4, 0.5) is 0 Å². The molecule has 1 heterocycles. The molecule has 162 valence electrons. The van der Waals surface area contributed by atoms with Gasteiger partial charge in [-0.25, -0.2) is 9.78 Å². The van der Waals surface area contributed by atoms with Crippen molar-refractivity contribution in [3.8, 4) is 5.75 Å². The SMILES string of the molecule is CCOC(Cc1ccc(OCCn2c(CC)nc3ccccc3c2=O)cc1)C(=O)O.[MgH2]. The van der Waals surface area contributed by atoms with Gasteiger partial charge < -0.3 is 14.6 Å². The minimum Gasteiger partial charge on any atom is -0.492 e. The van der Waals surface area contributed by atoms with E-state index in [9.17, 15) is 14.7 Å². The fraction of sp³-hybridized carbons (Fsp3) is 0.348. The molecule has 1 N–H and O–H groups in total. The van der Waals surface area contributed by atoms with Crippen LogP contribution in [0.1, 0.15) is 25.2 Å². The highest BCUT2D eigenvalue weighted by Crippen LogP contribution is 2.15. The van der Waals surface area contributed by atoms with Crippen LogP contribution < -0.4 is 10.3 Å². The number of carboxylic acids is 1. The Morgan fingerprint density at radius 1 is 1.13 bits per heavy atom. The zero-order valence-electron chi connectivity index (χ0n) is 17.2. The average molecular weight is 437 g/mol. The smallest absolute Gasteiger partial charge is 0.333 e. The summed E-state index contributed by atoms with van der Waals surface area (Å²) in [5.74, 6) is 0.411. The number of carboxylic acid groups (broad SMARTS) is 1. The predicted octanol–water partition coefficient (Wildman–Crippen LogP) is 2.15. The van der Waals surface area contributed by atoms with Gasteiger partial charge in [0.2, 0.25) is 0 Å². The van der Waals surface area contributed by atoms with Crippen molar-refractivity contribution in [1.82, 2.24) is 9.55 Å². The largest absolute Gasteiger partial charge is 0.492 e. The van der Waals surface area contributed by atoms with Gasteiger partial charge in [0.25, 0.3) is 5.56 Å². The Morgan fingerprint density at radius 2 is 1.84 bits per heavy atom. The molecule has 7 nitrogen and oxygen atoms in total. The van der Waals surface area contributed by atoms with E-state index < -0.39 is 12.1 Å². The van der Waals surface area contributed by atoms with Gasteiger partial charge in [-0.1, -0.05) is 31.2 Å². The van der Waals surface area contributed by atoms with Crippen molar-refractivity contribution in [2.45, 2.75) is 39.3 Å². The topological polar surface area (TPSA) is 90.7 Å². The first-order valence-electron chi connectivity index (χ1n) is 10.1. The number of para-hydroxylation sites is 1. The number of hydrogen-bond acceptors (Lipinski definition) is 5. The molecule has 0 fully saturated rings. The van der Waals surface area contributed by atoms with E-state index in [-0.39, 0.29) is 28.6 Å². The lowest BCUT2D eigenvalue weighted by atomic mass is 10.1. The number of aromatic nitrogens is 2. The number of fused-ring (bicyclic) bond motifs is 1.